The summed E-state index contributed by atoms with van der Waals surface area (Å²) in [5.41, 5.74) is 3.40. The smallest absolute Gasteiger partial charge is 0.262 e. The summed E-state index contributed by atoms with van der Waals surface area (Å²) in [6.45, 7) is 5.16. The van der Waals surface area contributed by atoms with Crippen LogP contribution in [0.15, 0.2) is 52.4 Å². The van der Waals surface area contributed by atoms with Crippen LogP contribution < -0.4 is 5.56 Å². The number of ether oxygens (including phenoxy) is 1. The molecule has 1 atom stereocenters. The lowest BCUT2D eigenvalue weighted by Gasteiger charge is -2.16. The first kappa shape index (κ1) is 19.9. The lowest BCUT2D eigenvalue weighted by atomic mass is 10.0. The largest absolute Gasteiger partial charge is 0.376 e. The summed E-state index contributed by atoms with van der Waals surface area (Å²) in [5.74, 6) is 0.277. The minimum atomic E-state index is -0.0763. The molecule has 3 aromatic rings. The molecule has 0 N–H and O–H groups in total. The molecule has 29 heavy (non-hydrogen) atoms. The zero-order valence-corrected chi connectivity index (χ0v) is 17.5. The van der Waals surface area contributed by atoms with Crippen LogP contribution in [0.2, 0.25) is 0 Å². The molecule has 1 fully saturated rings. The number of carbonyl (C=O) groups is 1. The molecule has 0 amide bonds. The number of thioether (sulfide) groups is 1. The van der Waals surface area contributed by atoms with Crippen LogP contribution >= 0.6 is 11.8 Å². The highest BCUT2D eigenvalue weighted by Gasteiger charge is 2.21. The molecule has 6 heteroatoms. The summed E-state index contributed by atoms with van der Waals surface area (Å²) >= 11 is 1.32. The predicted octanol–water partition coefficient (Wildman–Crippen LogP) is 4.17. The maximum atomic E-state index is 13.1. The van der Waals surface area contributed by atoms with Gasteiger partial charge >= 0.3 is 0 Å². The third kappa shape index (κ3) is 4.28. The third-order valence-corrected chi connectivity index (χ3v) is 6.23. The van der Waals surface area contributed by atoms with Gasteiger partial charge in [0, 0.05) is 12.2 Å². The monoisotopic (exact) mass is 408 g/mol. The maximum Gasteiger partial charge on any atom is 0.262 e. The number of aromatic nitrogens is 2. The van der Waals surface area contributed by atoms with Crippen LogP contribution in [0.4, 0.5) is 0 Å². The molecular weight excluding hydrogens is 384 g/mol. The molecule has 0 saturated carbocycles. The Morgan fingerprint density at radius 1 is 1.24 bits per heavy atom. The number of aryl methyl sites for hydroxylation is 2. The van der Waals surface area contributed by atoms with Crippen LogP contribution in [0, 0.1) is 13.8 Å². The highest BCUT2D eigenvalue weighted by atomic mass is 32.2. The number of hydrogen-bond acceptors (Lipinski definition) is 5. The predicted molar refractivity (Wildman–Crippen MR) is 116 cm³/mol. The van der Waals surface area contributed by atoms with E-state index in [1.165, 1.54) is 11.8 Å². The fourth-order valence-electron chi connectivity index (χ4n) is 3.75. The Kier molecular flexibility index (Phi) is 5.83. The molecule has 150 valence electrons. The van der Waals surface area contributed by atoms with Gasteiger partial charge < -0.3 is 4.74 Å². The van der Waals surface area contributed by atoms with Gasteiger partial charge in [-0.15, -0.1) is 0 Å². The van der Waals surface area contributed by atoms with E-state index in [-0.39, 0.29) is 23.2 Å². The highest BCUT2D eigenvalue weighted by Crippen LogP contribution is 2.22. The van der Waals surface area contributed by atoms with Crippen LogP contribution in [0.5, 0.6) is 0 Å². The van der Waals surface area contributed by atoms with E-state index in [2.05, 4.69) is 0 Å². The summed E-state index contributed by atoms with van der Waals surface area (Å²) in [6.07, 6.45) is 1.96. The number of fused-ring (bicyclic) bond motifs is 1. The van der Waals surface area contributed by atoms with Crippen molar-refractivity contribution in [2.24, 2.45) is 0 Å². The standard InChI is InChI=1S/C23H24N2O3S/c1-15-9-10-18(16(2)12-15)21(26)14-29-23-24-20-8-4-3-7-19(20)22(27)25(23)13-17-6-5-11-28-17/h3-4,7-10,12,17H,5-6,11,13-14H2,1-2H3/t17-/m1/s1. The number of nitrogens with zero attached hydrogens (tertiary/aromatic N) is 2. The number of ketones is 1. The van der Waals surface area contributed by atoms with Gasteiger partial charge in [-0.1, -0.05) is 47.7 Å². The van der Waals surface area contributed by atoms with Crippen molar-refractivity contribution in [3.63, 3.8) is 0 Å². The average Bonchev–Trinajstić information content (AvgIpc) is 3.22. The molecule has 1 aromatic heterocycles. The summed E-state index contributed by atoms with van der Waals surface area (Å²) in [7, 11) is 0. The lowest BCUT2D eigenvalue weighted by Crippen LogP contribution is -2.29. The molecule has 2 heterocycles. The average molecular weight is 409 g/mol. The minimum Gasteiger partial charge on any atom is -0.376 e. The van der Waals surface area contributed by atoms with E-state index < -0.39 is 0 Å². The van der Waals surface area contributed by atoms with Gasteiger partial charge in [0.25, 0.3) is 5.56 Å². The summed E-state index contributed by atoms with van der Waals surface area (Å²) in [5, 5.41) is 1.16. The van der Waals surface area contributed by atoms with Crippen LogP contribution in [-0.2, 0) is 11.3 Å². The number of hydrogen-bond donors (Lipinski definition) is 0. The first-order valence-electron chi connectivity index (χ1n) is 9.87. The molecule has 0 unspecified atom stereocenters. The van der Waals surface area contributed by atoms with Crippen LogP contribution in [0.3, 0.4) is 0 Å². The second kappa shape index (κ2) is 8.51. The minimum absolute atomic E-state index is 0.0186. The van der Waals surface area contributed by atoms with Gasteiger partial charge in [0.05, 0.1) is 29.3 Å². The summed E-state index contributed by atoms with van der Waals surface area (Å²) in [6, 6.07) is 13.2. The van der Waals surface area contributed by atoms with Crippen molar-refractivity contribution in [3.8, 4) is 0 Å². The Labute approximate surface area is 174 Å². The molecule has 4 rings (SSSR count). The van der Waals surface area contributed by atoms with E-state index in [4.69, 9.17) is 9.72 Å². The van der Waals surface area contributed by atoms with Gasteiger partial charge in [-0.2, -0.15) is 0 Å². The normalized spacial score (nSPS) is 16.4. The molecule has 2 aromatic carbocycles. The fraction of sp³-hybridized carbons (Fsp3) is 0.348. The quantitative estimate of drug-likeness (QED) is 0.348. The molecule has 0 radical (unpaired) electrons. The van der Waals surface area contributed by atoms with Gasteiger partial charge in [-0.3, -0.25) is 14.2 Å². The summed E-state index contributed by atoms with van der Waals surface area (Å²) < 4.78 is 7.42. The van der Waals surface area contributed by atoms with E-state index in [0.29, 0.717) is 22.6 Å². The first-order valence-corrected chi connectivity index (χ1v) is 10.9. The van der Waals surface area contributed by atoms with Crippen LogP contribution in [0.1, 0.15) is 34.3 Å². The van der Waals surface area contributed by atoms with Crippen molar-refractivity contribution in [2.45, 2.75) is 44.5 Å². The van der Waals surface area contributed by atoms with Gasteiger partial charge in [0.15, 0.2) is 10.9 Å². The van der Waals surface area contributed by atoms with Crippen LogP contribution in [-0.4, -0.2) is 33.8 Å². The van der Waals surface area contributed by atoms with Crippen molar-refractivity contribution in [1.29, 1.82) is 0 Å². The Hall–Kier alpha value is -2.44. The van der Waals surface area contributed by atoms with Gasteiger partial charge in [-0.05, 0) is 44.4 Å². The molecule has 1 aliphatic rings. The lowest BCUT2D eigenvalue weighted by molar-refractivity contribution is 0.0937. The van der Waals surface area contributed by atoms with Gasteiger partial charge in [0.1, 0.15) is 0 Å². The second-order valence-corrected chi connectivity index (χ2v) is 8.44. The zero-order chi connectivity index (χ0) is 20.4. The van der Waals surface area contributed by atoms with E-state index in [9.17, 15) is 9.59 Å². The summed E-state index contributed by atoms with van der Waals surface area (Å²) in [4.78, 5) is 30.6. The van der Waals surface area contributed by atoms with Crippen molar-refractivity contribution in [2.75, 3.05) is 12.4 Å². The van der Waals surface area contributed by atoms with Crippen molar-refractivity contribution < 1.29 is 9.53 Å². The van der Waals surface area contributed by atoms with E-state index in [1.54, 1.807) is 10.6 Å². The number of rotatable bonds is 6. The fourth-order valence-corrected chi connectivity index (χ4v) is 4.64. The van der Waals surface area contributed by atoms with Crippen molar-refractivity contribution in [3.05, 3.63) is 69.5 Å². The molecule has 1 aliphatic heterocycles. The van der Waals surface area contributed by atoms with E-state index in [1.807, 2.05) is 50.2 Å². The number of para-hydroxylation sites is 1. The van der Waals surface area contributed by atoms with Gasteiger partial charge in [-0.25, -0.2) is 4.98 Å². The number of carbonyl (C=O) groups excluding carboxylic acids is 1. The molecule has 0 spiro atoms. The van der Waals surface area contributed by atoms with E-state index >= 15 is 0 Å². The molecular formula is C23H24N2O3S. The molecule has 5 nitrogen and oxygen atoms in total. The van der Waals surface area contributed by atoms with Crippen molar-refractivity contribution in [1.82, 2.24) is 9.55 Å². The number of benzene rings is 2. The van der Waals surface area contributed by atoms with Crippen LogP contribution in [0.25, 0.3) is 10.9 Å². The Bertz CT molecular complexity index is 1120. The molecule has 0 bridgehead atoms. The van der Waals surface area contributed by atoms with Gasteiger partial charge in [0.2, 0.25) is 0 Å². The topological polar surface area (TPSA) is 61.2 Å². The SMILES string of the molecule is Cc1ccc(C(=O)CSc2nc3ccccc3c(=O)n2C[C@H]2CCCO2)c(C)c1. The number of Topliss-reactive ketones (excluding diaryl/α,β-unsaturated/α-hetero) is 1. The van der Waals surface area contributed by atoms with Crippen molar-refractivity contribution >= 4 is 28.4 Å². The Morgan fingerprint density at radius 3 is 2.83 bits per heavy atom. The Morgan fingerprint density at radius 2 is 2.07 bits per heavy atom. The highest BCUT2D eigenvalue weighted by molar-refractivity contribution is 7.99. The third-order valence-electron chi connectivity index (χ3n) is 5.25. The van der Waals surface area contributed by atoms with E-state index in [0.717, 1.165) is 36.1 Å². The first-order chi connectivity index (χ1) is 14.0. The zero-order valence-electron chi connectivity index (χ0n) is 16.7. The Balaban J connectivity index is 1.64. The maximum absolute atomic E-state index is 13.1. The molecule has 1 saturated heterocycles. The second-order valence-electron chi connectivity index (χ2n) is 7.49. The molecule has 0 aliphatic carbocycles.